The molecule has 1 atom stereocenters. The standard InChI is InChI=1S/C14H21N3O4/c1-9(2)17-7-10(15)6-11(17)13(18)16-4-5-21-12(8-16)14(19)20-3/h6-7,9,12H,4-5,8,15H2,1-3H3. The summed E-state index contributed by atoms with van der Waals surface area (Å²) < 4.78 is 11.8. The highest BCUT2D eigenvalue weighted by Crippen LogP contribution is 2.19. The monoisotopic (exact) mass is 295 g/mol. The van der Waals surface area contributed by atoms with Gasteiger partial charge in [-0.2, -0.15) is 0 Å². The van der Waals surface area contributed by atoms with Crippen molar-refractivity contribution in [3.63, 3.8) is 0 Å². The number of hydrogen-bond donors (Lipinski definition) is 1. The summed E-state index contributed by atoms with van der Waals surface area (Å²) in [4.78, 5) is 25.8. The van der Waals surface area contributed by atoms with Crippen molar-refractivity contribution in [1.29, 1.82) is 0 Å². The number of nitrogen functional groups attached to an aromatic ring is 1. The molecule has 0 aliphatic carbocycles. The maximum Gasteiger partial charge on any atom is 0.336 e. The van der Waals surface area contributed by atoms with E-state index in [9.17, 15) is 9.59 Å². The highest BCUT2D eigenvalue weighted by Gasteiger charge is 2.31. The summed E-state index contributed by atoms with van der Waals surface area (Å²) in [5, 5.41) is 0. The van der Waals surface area contributed by atoms with E-state index in [4.69, 9.17) is 10.5 Å². The molecule has 1 amide bonds. The number of esters is 1. The Morgan fingerprint density at radius 2 is 2.19 bits per heavy atom. The molecule has 1 aromatic heterocycles. The van der Waals surface area contributed by atoms with Crippen molar-refractivity contribution in [3.05, 3.63) is 18.0 Å². The fourth-order valence-corrected chi connectivity index (χ4v) is 2.37. The second-order valence-electron chi connectivity index (χ2n) is 5.29. The predicted octanol–water partition coefficient (Wildman–Crippen LogP) is 0.665. The molecular weight excluding hydrogens is 274 g/mol. The molecule has 1 saturated heterocycles. The van der Waals surface area contributed by atoms with Gasteiger partial charge in [-0.1, -0.05) is 0 Å². The lowest BCUT2D eigenvalue weighted by molar-refractivity contribution is -0.158. The van der Waals surface area contributed by atoms with Crippen LogP contribution in [-0.4, -0.2) is 54.3 Å². The first-order valence-corrected chi connectivity index (χ1v) is 6.90. The fraction of sp³-hybridized carbons (Fsp3) is 0.571. The summed E-state index contributed by atoms with van der Waals surface area (Å²) >= 11 is 0. The molecule has 1 aliphatic rings. The van der Waals surface area contributed by atoms with Crippen LogP contribution in [0.4, 0.5) is 5.69 Å². The molecule has 0 bridgehead atoms. The average Bonchev–Trinajstić information content (AvgIpc) is 2.88. The van der Waals surface area contributed by atoms with Crippen molar-refractivity contribution in [2.45, 2.75) is 26.0 Å². The Balaban J connectivity index is 2.18. The molecule has 0 saturated carbocycles. The molecule has 7 heteroatoms. The zero-order valence-corrected chi connectivity index (χ0v) is 12.5. The number of aromatic nitrogens is 1. The second-order valence-corrected chi connectivity index (χ2v) is 5.29. The summed E-state index contributed by atoms with van der Waals surface area (Å²) in [5.41, 5.74) is 6.86. The Morgan fingerprint density at radius 3 is 2.81 bits per heavy atom. The molecule has 2 rings (SSSR count). The minimum Gasteiger partial charge on any atom is -0.467 e. The number of methoxy groups -OCH3 is 1. The highest BCUT2D eigenvalue weighted by molar-refractivity contribution is 5.94. The summed E-state index contributed by atoms with van der Waals surface area (Å²) in [6, 6.07) is 1.78. The molecule has 7 nitrogen and oxygen atoms in total. The first-order chi connectivity index (χ1) is 9.93. The number of amides is 1. The Bertz CT molecular complexity index is 538. The lowest BCUT2D eigenvalue weighted by Crippen LogP contribution is -2.49. The molecule has 0 aromatic carbocycles. The SMILES string of the molecule is COC(=O)C1CN(C(=O)c2cc(N)cn2C(C)C)CCO1. The van der Waals surface area contributed by atoms with Gasteiger partial charge in [0.15, 0.2) is 6.10 Å². The largest absolute Gasteiger partial charge is 0.467 e. The van der Waals surface area contributed by atoms with Gasteiger partial charge in [-0.05, 0) is 19.9 Å². The Hall–Kier alpha value is -2.02. The van der Waals surface area contributed by atoms with Gasteiger partial charge in [-0.3, -0.25) is 4.79 Å². The average molecular weight is 295 g/mol. The number of anilines is 1. The van der Waals surface area contributed by atoms with Crippen LogP contribution < -0.4 is 5.73 Å². The minimum atomic E-state index is -0.729. The Morgan fingerprint density at radius 1 is 1.48 bits per heavy atom. The number of morpholine rings is 1. The van der Waals surface area contributed by atoms with Crippen LogP contribution in [-0.2, 0) is 14.3 Å². The Labute approximate surface area is 123 Å². The summed E-state index contributed by atoms with van der Waals surface area (Å²) in [5.74, 6) is -0.621. The van der Waals surface area contributed by atoms with Gasteiger partial charge in [0.05, 0.1) is 25.9 Å². The first kappa shape index (κ1) is 15.4. The van der Waals surface area contributed by atoms with Crippen molar-refractivity contribution in [1.82, 2.24) is 9.47 Å². The van der Waals surface area contributed by atoms with E-state index >= 15 is 0 Å². The number of rotatable bonds is 3. The van der Waals surface area contributed by atoms with Crippen LogP contribution in [0.3, 0.4) is 0 Å². The number of nitrogens with zero attached hydrogens (tertiary/aromatic N) is 2. The maximum absolute atomic E-state index is 12.6. The molecule has 116 valence electrons. The van der Waals surface area contributed by atoms with E-state index < -0.39 is 12.1 Å². The lowest BCUT2D eigenvalue weighted by atomic mass is 10.2. The van der Waals surface area contributed by atoms with E-state index in [2.05, 4.69) is 4.74 Å². The topological polar surface area (TPSA) is 86.8 Å². The highest BCUT2D eigenvalue weighted by atomic mass is 16.6. The van der Waals surface area contributed by atoms with E-state index in [1.807, 2.05) is 18.4 Å². The zero-order valence-electron chi connectivity index (χ0n) is 12.5. The zero-order chi connectivity index (χ0) is 15.6. The van der Waals surface area contributed by atoms with Gasteiger partial charge in [0.1, 0.15) is 5.69 Å². The Kier molecular flexibility index (Phi) is 4.52. The minimum absolute atomic E-state index is 0.124. The van der Waals surface area contributed by atoms with Crippen LogP contribution in [0.5, 0.6) is 0 Å². The van der Waals surface area contributed by atoms with Gasteiger partial charge in [-0.25, -0.2) is 4.79 Å². The summed E-state index contributed by atoms with van der Waals surface area (Å²) in [6.45, 7) is 4.90. The normalized spacial score (nSPS) is 18.9. The van der Waals surface area contributed by atoms with E-state index in [0.717, 1.165) is 0 Å². The number of nitrogens with two attached hydrogens (primary N) is 1. The van der Waals surface area contributed by atoms with E-state index in [0.29, 0.717) is 24.5 Å². The van der Waals surface area contributed by atoms with Crippen molar-refractivity contribution in [3.8, 4) is 0 Å². The third-order valence-corrected chi connectivity index (χ3v) is 3.46. The van der Waals surface area contributed by atoms with Crippen LogP contribution in [0.15, 0.2) is 12.3 Å². The smallest absolute Gasteiger partial charge is 0.336 e. The van der Waals surface area contributed by atoms with Crippen LogP contribution in [0.1, 0.15) is 30.4 Å². The van der Waals surface area contributed by atoms with Crippen molar-refractivity contribution >= 4 is 17.6 Å². The van der Waals surface area contributed by atoms with E-state index in [-0.39, 0.29) is 18.5 Å². The predicted molar refractivity (Wildman–Crippen MR) is 76.9 cm³/mol. The van der Waals surface area contributed by atoms with Gasteiger partial charge in [0.25, 0.3) is 5.91 Å². The molecule has 1 aliphatic heterocycles. The van der Waals surface area contributed by atoms with E-state index in [1.54, 1.807) is 17.2 Å². The van der Waals surface area contributed by atoms with E-state index in [1.165, 1.54) is 7.11 Å². The molecule has 0 spiro atoms. The van der Waals surface area contributed by atoms with Crippen LogP contribution in [0.2, 0.25) is 0 Å². The summed E-state index contributed by atoms with van der Waals surface area (Å²) in [7, 11) is 1.30. The van der Waals surface area contributed by atoms with Crippen LogP contribution >= 0.6 is 0 Å². The van der Waals surface area contributed by atoms with Gasteiger partial charge in [0, 0.05) is 18.8 Å². The quantitative estimate of drug-likeness (QED) is 0.828. The number of hydrogen-bond acceptors (Lipinski definition) is 5. The molecule has 2 heterocycles. The van der Waals surface area contributed by atoms with Crippen LogP contribution in [0, 0.1) is 0 Å². The third kappa shape index (κ3) is 3.18. The number of ether oxygens (including phenoxy) is 2. The fourth-order valence-electron chi connectivity index (χ4n) is 2.37. The molecule has 1 aromatic rings. The molecular formula is C14H21N3O4. The molecule has 1 unspecified atom stereocenters. The first-order valence-electron chi connectivity index (χ1n) is 6.90. The maximum atomic E-state index is 12.6. The molecule has 1 fully saturated rings. The van der Waals surface area contributed by atoms with Gasteiger partial charge < -0.3 is 24.7 Å². The van der Waals surface area contributed by atoms with Gasteiger partial charge >= 0.3 is 5.97 Å². The van der Waals surface area contributed by atoms with Crippen LogP contribution in [0.25, 0.3) is 0 Å². The molecule has 0 radical (unpaired) electrons. The molecule has 21 heavy (non-hydrogen) atoms. The van der Waals surface area contributed by atoms with Crippen molar-refractivity contribution in [2.75, 3.05) is 32.5 Å². The van der Waals surface area contributed by atoms with Crippen molar-refractivity contribution in [2.24, 2.45) is 0 Å². The number of carbonyl (C=O) groups is 2. The van der Waals surface area contributed by atoms with Crippen molar-refractivity contribution < 1.29 is 19.1 Å². The summed E-state index contributed by atoms with van der Waals surface area (Å²) in [6.07, 6.45) is 1.02. The van der Waals surface area contributed by atoms with Gasteiger partial charge in [0.2, 0.25) is 0 Å². The lowest BCUT2D eigenvalue weighted by Gasteiger charge is -2.31. The van der Waals surface area contributed by atoms with Gasteiger partial charge in [-0.15, -0.1) is 0 Å². The second kappa shape index (κ2) is 6.17. The molecule has 2 N–H and O–H groups in total. The third-order valence-electron chi connectivity index (χ3n) is 3.46. The number of carbonyl (C=O) groups excluding carboxylic acids is 2.